The Hall–Kier alpha value is -0.540. The summed E-state index contributed by atoms with van der Waals surface area (Å²) in [6, 6.07) is 6.07. The average molecular weight is 241 g/mol. The van der Waals surface area contributed by atoms with Crippen molar-refractivity contribution in [2.45, 2.75) is 6.42 Å². The Morgan fingerprint density at radius 3 is 2.85 bits per heavy atom. The van der Waals surface area contributed by atoms with E-state index in [1.54, 1.807) is 0 Å². The van der Waals surface area contributed by atoms with E-state index in [1.165, 1.54) is 5.56 Å². The van der Waals surface area contributed by atoms with Gasteiger partial charge in [0.15, 0.2) is 0 Å². The van der Waals surface area contributed by atoms with E-state index in [0.29, 0.717) is 0 Å². The van der Waals surface area contributed by atoms with Gasteiger partial charge < -0.3 is 11.1 Å². The van der Waals surface area contributed by atoms with Crippen molar-refractivity contribution in [1.29, 1.82) is 0 Å². The molecule has 2 rings (SSSR count). The van der Waals surface area contributed by atoms with Gasteiger partial charge in [-0.25, -0.2) is 0 Å². The summed E-state index contributed by atoms with van der Waals surface area (Å²) in [4.78, 5) is 0. The van der Waals surface area contributed by atoms with Crippen LogP contribution in [-0.4, -0.2) is 13.1 Å². The molecule has 3 N–H and O–H groups in total. The van der Waals surface area contributed by atoms with E-state index in [2.05, 4.69) is 27.3 Å². The van der Waals surface area contributed by atoms with Crippen LogP contribution < -0.4 is 11.1 Å². The van der Waals surface area contributed by atoms with Crippen LogP contribution in [0.1, 0.15) is 5.56 Å². The van der Waals surface area contributed by atoms with E-state index in [1.807, 2.05) is 12.1 Å². The molecule has 3 heteroatoms. The van der Waals surface area contributed by atoms with Gasteiger partial charge in [-0.15, -0.1) is 0 Å². The van der Waals surface area contributed by atoms with E-state index in [-0.39, 0.29) is 0 Å². The Kier molecular flexibility index (Phi) is 2.56. The van der Waals surface area contributed by atoms with Crippen LogP contribution in [0.5, 0.6) is 0 Å². The molecule has 1 aliphatic rings. The lowest BCUT2D eigenvalue weighted by molar-refractivity contribution is 0.347. The molecule has 13 heavy (non-hydrogen) atoms. The van der Waals surface area contributed by atoms with Gasteiger partial charge in [0.2, 0.25) is 0 Å². The Balaban J connectivity index is 2.13. The minimum Gasteiger partial charge on any atom is -0.399 e. The maximum Gasteiger partial charge on any atom is 0.0347 e. The van der Waals surface area contributed by atoms with Gasteiger partial charge in [-0.3, -0.25) is 0 Å². The zero-order valence-electron chi connectivity index (χ0n) is 7.39. The summed E-state index contributed by atoms with van der Waals surface area (Å²) >= 11 is 3.45. The summed E-state index contributed by atoms with van der Waals surface area (Å²) in [5.41, 5.74) is 8.05. The van der Waals surface area contributed by atoms with Gasteiger partial charge in [0, 0.05) is 10.2 Å². The van der Waals surface area contributed by atoms with Crippen LogP contribution in [0, 0.1) is 5.92 Å². The molecular formula is C10H13BrN2. The molecule has 1 saturated heterocycles. The highest BCUT2D eigenvalue weighted by molar-refractivity contribution is 9.10. The van der Waals surface area contributed by atoms with Crippen molar-refractivity contribution >= 4 is 21.6 Å². The first-order valence-electron chi connectivity index (χ1n) is 4.50. The predicted octanol–water partition coefficient (Wildman–Crippen LogP) is 1.79. The van der Waals surface area contributed by atoms with E-state index in [9.17, 15) is 0 Å². The van der Waals surface area contributed by atoms with Gasteiger partial charge in [-0.1, -0.05) is 15.9 Å². The quantitative estimate of drug-likeness (QED) is 0.775. The molecular weight excluding hydrogens is 228 g/mol. The van der Waals surface area contributed by atoms with Gasteiger partial charge in [-0.2, -0.15) is 0 Å². The summed E-state index contributed by atoms with van der Waals surface area (Å²) in [5.74, 6) is 0.775. The average Bonchev–Trinajstić information content (AvgIpc) is 2.03. The van der Waals surface area contributed by atoms with Gasteiger partial charge in [0.05, 0.1) is 0 Å². The fourth-order valence-electron chi connectivity index (χ4n) is 1.55. The molecule has 0 bridgehead atoms. The maximum absolute atomic E-state index is 5.88. The second kappa shape index (κ2) is 3.68. The van der Waals surface area contributed by atoms with Crippen LogP contribution in [-0.2, 0) is 6.42 Å². The molecule has 0 aliphatic carbocycles. The number of rotatable bonds is 2. The molecule has 1 aromatic carbocycles. The van der Waals surface area contributed by atoms with Crippen molar-refractivity contribution in [3.8, 4) is 0 Å². The molecule has 0 spiro atoms. The van der Waals surface area contributed by atoms with Gasteiger partial charge in [-0.05, 0) is 49.2 Å². The largest absolute Gasteiger partial charge is 0.399 e. The zero-order valence-corrected chi connectivity index (χ0v) is 8.97. The lowest BCUT2D eigenvalue weighted by Gasteiger charge is -2.27. The topological polar surface area (TPSA) is 38.0 Å². The van der Waals surface area contributed by atoms with Crippen molar-refractivity contribution in [2.24, 2.45) is 5.92 Å². The molecule has 1 aromatic rings. The van der Waals surface area contributed by atoms with Crippen LogP contribution in [0.2, 0.25) is 0 Å². The van der Waals surface area contributed by atoms with Crippen LogP contribution in [0.4, 0.5) is 5.69 Å². The number of hydrogen-bond acceptors (Lipinski definition) is 2. The molecule has 0 amide bonds. The molecule has 0 saturated carbocycles. The zero-order chi connectivity index (χ0) is 9.26. The molecule has 70 valence electrons. The number of hydrogen-bond donors (Lipinski definition) is 2. The summed E-state index contributed by atoms with van der Waals surface area (Å²) in [5, 5.41) is 3.26. The highest BCUT2D eigenvalue weighted by atomic mass is 79.9. The first-order chi connectivity index (χ1) is 6.25. The Bertz CT molecular complexity index is 308. The van der Waals surface area contributed by atoms with E-state index in [0.717, 1.165) is 35.6 Å². The standard InChI is InChI=1S/C10H13BrN2/c11-9-1-2-10(12)8(4-9)3-7-5-13-6-7/h1-2,4,7,13H,3,5-6,12H2. The number of anilines is 1. The van der Waals surface area contributed by atoms with Crippen molar-refractivity contribution in [3.63, 3.8) is 0 Å². The van der Waals surface area contributed by atoms with Crippen LogP contribution >= 0.6 is 15.9 Å². The summed E-state index contributed by atoms with van der Waals surface area (Å²) in [6.07, 6.45) is 1.10. The van der Waals surface area contributed by atoms with Gasteiger partial charge in [0.1, 0.15) is 0 Å². The van der Waals surface area contributed by atoms with Crippen LogP contribution in [0.25, 0.3) is 0 Å². The molecule has 0 atom stereocenters. The van der Waals surface area contributed by atoms with E-state index >= 15 is 0 Å². The summed E-state index contributed by atoms with van der Waals surface area (Å²) in [6.45, 7) is 2.26. The fourth-order valence-corrected chi connectivity index (χ4v) is 1.96. The number of nitrogen functional groups attached to an aromatic ring is 1. The summed E-state index contributed by atoms with van der Waals surface area (Å²) < 4.78 is 1.11. The number of halogens is 1. The van der Waals surface area contributed by atoms with E-state index < -0.39 is 0 Å². The van der Waals surface area contributed by atoms with Crippen LogP contribution in [0.15, 0.2) is 22.7 Å². The SMILES string of the molecule is Nc1ccc(Br)cc1CC1CNC1. The van der Waals surface area contributed by atoms with E-state index in [4.69, 9.17) is 5.73 Å². The second-order valence-corrected chi connectivity index (χ2v) is 4.49. The van der Waals surface area contributed by atoms with Crippen molar-refractivity contribution < 1.29 is 0 Å². The lowest BCUT2D eigenvalue weighted by Crippen LogP contribution is -2.43. The minimum absolute atomic E-state index is 0.775. The Labute approximate surface area is 86.6 Å². The van der Waals surface area contributed by atoms with Crippen molar-refractivity contribution in [3.05, 3.63) is 28.2 Å². The predicted molar refractivity (Wildman–Crippen MR) is 58.6 cm³/mol. The second-order valence-electron chi connectivity index (χ2n) is 3.57. The molecule has 1 aliphatic heterocycles. The Morgan fingerprint density at radius 2 is 2.23 bits per heavy atom. The number of nitrogens with one attached hydrogen (secondary N) is 1. The maximum atomic E-state index is 5.88. The summed E-state index contributed by atoms with van der Waals surface area (Å²) in [7, 11) is 0. The molecule has 1 heterocycles. The molecule has 1 fully saturated rings. The first kappa shape index (κ1) is 9.03. The third-order valence-corrected chi connectivity index (χ3v) is 2.97. The number of benzene rings is 1. The normalized spacial score (nSPS) is 17.0. The minimum atomic E-state index is 0.775. The first-order valence-corrected chi connectivity index (χ1v) is 5.29. The fraction of sp³-hybridized carbons (Fsp3) is 0.400. The highest BCUT2D eigenvalue weighted by Crippen LogP contribution is 2.22. The third-order valence-electron chi connectivity index (χ3n) is 2.48. The monoisotopic (exact) mass is 240 g/mol. The lowest BCUT2D eigenvalue weighted by atomic mass is 9.94. The molecule has 0 aromatic heterocycles. The van der Waals surface area contributed by atoms with Crippen LogP contribution in [0.3, 0.4) is 0 Å². The third kappa shape index (κ3) is 2.03. The smallest absolute Gasteiger partial charge is 0.0347 e. The Morgan fingerprint density at radius 1 is 1.46 bits per heavy atom. The molecule has 0 unspecified atom stereocenters. The molecule has 0 radical (unpaired) electrons. The molecule has 2 nitrogen and oxygen atoms in total. The number of nitrogens with two attached hydrogens (primary N) is 1. The van der Waals surface area contributed by atoms with Crippen molar-refractivity contribution in [2.75, 3.05) is 18.8 Å². The highest BCUT2D eigenvalue weighted by Gasteiger charge is 2.17. The van der Waals surface area contributed by atoms with Crippen molar-refractivity contribution in [1.82, 2.24) is 5.32 Å². The van der Waals surface area contributed by atoms with Gasteiger partial charge >= 0.3 is 0 Å². The van der Waals surface area contributed by atoms with Gasteiger partial charge in [0.25, 0.3) is 0 Å².